The number of aromatic nitrogens is 2. The van der Waals surface area contributed by atoms with Crippen LogP contribution in [0.4, 0.5) is 0 Å². The summed E-state index contributed by atoms with van der Waals surface area (Å²) < 4.78 is 11.5. The van der Waals surface area contributed by atoms with E-state index in [1.807, 2.05) is 7.05 Å². The van der Waals surface area contributed by atoms with E-state index in [1.54, 1.807) is 0 Å². The van der Waals surface area contributed by atoms with Crippen molar-refractivity contribution in [2.24, 2.45) is 0 Å². The molecule has 0 bridgehead atoms. The van der Waals surface area contributed by atoms with Crippen molar-refractivity contribution in [3.05, 3.63) is 11.7 Å². The third-order valence-corrected chi connectivity index (χ3v) is 4.84. The molecule has 0 spiro atoms. The Morgan fingerprint density at radius 3 is 2.80 bits per heavy atom. The molecule has 1 saturated carbocycles. The summed E-state index contributed by atoms with van der Waals surface area (Å²) in [5.41, 5.74) is -0.357. The molecule has 3 unspecified atom stereocenters. The van der Waals surface area contributed by atoms with Gasteiger partial charge in [-0.1, -0.05) is 18.0 Å². The molecule has 1 aliphatic carbocycles. The monoisotopic (exact) mass is 279 g/mol. The van der Waals surface area contributed by atoms with Crippen LogP contribution in [0.25, 0.3) is 0 Å². The average molecular weight is 279 g/mol. The van der Waals surface area contributed by atoms with Crippen molar-refractivity contribution in [1.29, 1.82) is 0 Å². The van der Waals surface area contributed by atoms with E-state index < -0.39 is 0 Å². The predicted molar refractivity (Wildman–Crippen MR) is 75.5 cm³/mol. The van der Waals surface area contributed by atoms with Crippen LogP contribution < -0.4 is 5.32 Å². The minimum atomic E-state index is -0.357. The van der Waals surface area contributed by atoms with Crippen LogP contribution in [-0.2, 0) is 10.3 Å². The van der Waals surface area contributed by atoms with E-state index in [2.05, 4.69) is 22.4 Å². The lowest BCUT2D eigenvalue weighted by atomic mass is 9.84. The van der Waals surface area contributed by atoms with E-state index in [-0.39, 0.29) is 5.60 Å². The largest absolute Gasteiger partial charge is 0.367 e. The second-order valence-electron chi connectivity index (χ2n) is 6.28. The van der Waals surface area contributed by atoms with E-state index in [9.17, 15) is 0 Å². The van der Waals surface area contributed by atoms with Crippen molar-refractivity contribution < 1.29 is 9.26 Å². The Bertz CT molecular complexity index is 440. The van der Waals surface area contributed by atoms with Crippen molar-refractivity contribution in [2.45, 2.75) is 69.4 Å². The normalized spacial score (nSPS) is 35.1. The van der Waals surface area contributed by atoms with Gasteiger partial charge >= 0.3 is 0 Å². The van der Waals surface area contributed by atoms with Crippen LogP contribution >= 0.6 is 0 Å². The van der Waals surface area contributed by atoms with Crippen LogP contribution in [-0.4, -0.2) is 29.8 Å². The Labute approximate surface area is 120 Å². The maximum atomic E-state index is 5.90. The Morgan fingerprint density at radius 2 is 2.05 bits per heavy atom. The summed E-state index contributed by atoms with van der Waals surface area (Å²) in [4.78, 5) is 4.68. The molecular formula is C15H25N3O2. The Morgan fingerprint density at radius 1 is 1.20 bits per heavy atom. The standard InChI is InChI=1S/C15H25N3O2/c1-15(9-5-6-10-19-15)14-17-13(20-18-14)11-7-3-4-8-12(11)16-2/h11-12,16H,3-10H2,1-2H3. The van der Waals surface area contributed by atoms with Crippen molar-refractivity contribution in [2.75, 3.05) is 13.7 Å². The quantitative estimate of drug-likeness (QED) is 0.922. The SMILES string of the molecule is CNC1CCCCC1c1nc(C2(C)CCCCO2)no1. The lowest BCUT2D eigenvalue weighted by molar-refractivity contribution is -0.0770. The molecule has 1 saturated heterocycles. The maximum Gasteiger partial charge on any atom is 0.231 e. The van der Waals surface area contributed by atoms with E-state index >= 15 is 0 Å². The molecule has 3 rings (SSSR count). The summed E-state index contributed by atoms with van der Waals surface area (Å²) in [6, 6.07) is 0.456. The first-order valence-corrected chi connectivity index (χ1v) is 7.88. The van der Waals surface area contributed by atoms with Crippen molar-refractivity contribution in [1.82, 2.24) is 15.5 Å². The van der Waals surface area contributed by atoms with Gasteiger partial charge in [0.05, 0.1) is 5.92 Å². The third kappa shape index (κ3) is 2.61. The molecule has 0 radical (unpaired) electrons. The van der Waals surface area contributed by atoms with Gasteiger partial charge in [-0.3, -0.25) is 0 Å². The third-order valence-electron chi connectivity index (χ3n) is 4.84. The van der Waals surface area contributed by atoms with Crippen LogP contribution in [0.5, 0.6) is 0 Å². The molecular weight excluding hydrogens is 254 g/mol. The van der Waals surface area contributed by atoms with E-state index in [4.69, 9.17) is 9.26 Å². The number of nitrogens with one attached hydrogen (secondary N) is 1. The van der Waals surface area contributed by atoms with Crippen LogP contribution in [0.1, 0.15) is 69.5 Å². The molecule has 3 atom stereocenters. The van der Waals surface area contributed by atoms with Gasteiger partial charge in [-0.2, -0.15) is 4.98 Å². The van der Waals surface area contributed by atoms with Gasteiger partial charge in [0.15, 0.2) is 0 Å². The van der Waals surface area contributed by atoms with Crippen LogP contribution in [0.2, 0.25) is 0 Å². The highest BCUT2D eigenvalue weighted by Crippen LogP contribution is 2.36. The number of hydrogen-bond acceptors (Lipinski definition) is 5. The number of ether oxygens (including phenoxy) is 1. The summed E-state index contributed by atoms with van der Waals surface area (Å²) in [6.45, 7) is 2.88. The molecule has 2 heterocycles. The highest BCUT2D eigenvalue weighted by atomic mass is 16.5. The van der Waals surface area contributed by atoms with Crippen LogP contribution in [0.3, 0.4) is 0 Å². The minimum Gasteiger partial charge on any atom is -0.367 e. The molecule has 2 fully saturated rings. The minimum absolute atomic E-state index is 0.349. The smallest absolute Gasteiger partial charge is 0.231 e. The molecule has 0 aromatic carbocycles. The first kappa shape index (κ1) is 14.0. The summed E-state index contributed by atoms with van der Waals surface area (Å²) in [6.07, 6.45) is 8.12. The van der Waals surface area contributed by atoms with Crippen LogP contribution in [0.15, 0.2) is 4.52 Å². The molecule has 5 heteroatoms. The zero-order valence-corrected chi connectivity index (χ0v) is 12.5. The van der Waals surface area contributed by atoms with Crippen molar-refractivity contribution in [3.63, 3.8) is 0 Å². The summed E-state index contributed by atoms with van der Waals surface area (Å²) >= 11 is 0. The van der Waals surface area contributed by atoms with Gasteiger partial charge in [-0.15, -0.1) is 0 Å². The highest BCUT2D eigenvalue weighted by Gasteiger charge is 2.37. The van der Waals surface area contributed by atoms with E-state index in [0.717, 1.165) is 37.6 Å². The lowest BCUT2D eigenvalue weighted by Gasteiger charge is -2.31. The molecule has 5 nitrogen and oxygen atoms in total. The Kier molecular flexibility index (Phi) is 4.08. The van der Waals surface area contributed by atoms with Gasteiger partial charge in [0.2, 0.25) is 11.7 Å². The zero-order valence-electron chi connectivity index (χ0n) is 12.5. The number of rotatable bonds is 3. The lowest BCUT2D eigenvalue weighted by Crippen LogP contribution is -2.35. The predicted octanol–water partition coefficient (Wildman–Crippen LogP) is 2.73. The fraction of sp³-hybridized carbons (Fsp3) is 0.867. The van der Waals surface area contributed by atoms with Gasteiger partial charge in [0.1, 0.15) is 5.60 Å². The summed E-state index contributed by atoms with van der Waals surface area (Å²) in [5, 5.41) is 7.61. The number of hydrogen-bond donors (Lipinski definition) is 1. The maximum absolute atomic E-state index is 5.90. The van der Waals surface area contributed by atoms with Crippen molar-refractivity contribution >= 4 is 0 Å². The topological polar surface area (TPSA) is 60.2 Å². The fourth-order valence-electron chi connectivity index (χ4n) is 3.48. The summed E-state index contributed by atoms with van der Waals surface area (Å²) in [5.74, 6) is 1.87. The number of likely N-dealkylation sites (N-methyl/N-ethyl adjacent to an activating group) is 1. The Hall–Kier alpha value is -0.940. The average Bonchev–Trinajstić information content (AvgIpc) is 2.98. The molecule has 0 amide bonds. The van der Waals surface area contributed by atoms with Crippen molar-refractivity contribution in [3.8, 4) is 0 Å². The molecule has 20 heavy (non-hydrogen) atoms. The van der Waals surface area contributed by atoms with E-state index in [0.29, 0.717) is 12.0 Å². The molecule has 2 aliphatic rings. The zero-order chi connectivity index (χ0) is 14.0. The molecule has 1 N–H and O–H groups in total. The molecule has 1 aromatic heterocycles. The molecule has 1 aromatic rings. The number of nitrogens with zero attached hydrogens (tertiary/aromatic N) is 2. The molecule has 112 valence electrons. The van der Waals surface area contributed by atoms with E-state index in [1.165, 1.54) is 25.7 Å². The second kappa shape index (κ2) is 5.82. The van der Waals surface area contributed by atoms with Gasteiger partial charge in [-0.25, -0.2) is 0 Å². The Balaban J connectivity index is 1.78. The van der Waals surface area contributed by atoms with Crippen LogP contribution in [0, 0.1) is 0 Å². The highest BCUT2D eigenvalue weighted by molar-refractivity contribution is 5.06. The van der Waals surface area contributed by atoms with Gasteiger partial charge < -0.3 is 14.6 Å². The fourth-order valence-corrected chi connectivity index (χ4v) is 3.48. The molecule has 1 aliphatic heterocycles. The van der Waals surface area contributed by atoms with Gasteiger partial charge in [-0.05, 0) is 46.1 Å². The van der Waals surface area contributed by atoms with Gasteiger partial charge in [0.25, 0.3) is 0 Å². The first-order chi connectivity index (χ1) is 9.73. The summed E-state index contributed by atoms with van der Waals surface area (Å²) in [7, 11) is 2.02. The first-order valence-electron chi connectivity index (χ1n) is 7.88. The van der Waals surface area contributed by atoms with Gasteiger partial charge in [0, 0.05) is 12.6 Å². The second-order valence-corrected chi connectivity index (χ2v) is 6.28.